The SMILES string of the molecule is COC(=O)Nc1sc2c(c1C(N)=O)CCc1ccccc1-2. The van der Waals surface area contributed by atoms with Crippen molar-refractivity contribution in [1.82, 2.24) is 0 Å². The van der Waals surface area contributed by atoms with Crippen LogP contribution in [0.3, 0.4) is 0 Å². The number of carbonyl (C=O) groups is 2. The van der Waals surface area contributed by atoms with E-state index in [0.717, 1.165) is 28.8 Å². The fraction of sp³-hybridized carbons (Fsp3) is 0.200. The normalized spacial score (nSPS) is 12.2. The third-order valence-corrected chi connectivity index (χ3v) is 4.74. The molecule has 108 valence electrons. The van der Waals surface area contributed by atoms with E-state index in [2.05, 4.69) is 16.1 Å². The van der Waals surface area contributed by atoms with Crippen LogP contribution in [0.1, 0.15) is 21.5 Å². The van der Waals surface area contributed by atoms with Crippen LogP contribution in [0.2, 0.25) is 0 Å². The largest absolute Gasteiger partial charge is 0.453 e. The van der Waals surface area contributed by atoms with E-state index in [-0.39, 0.29) is 0 Å². The standard InChI is InChI=1S/C15H14N2O3S/c1-20-15(19)17-14-11(13(16)18)10-7-6-8-4-2-3-5-9(8)12(10)21-14/h2-5H,6-7H2,1H3,(H2,16,18)(H,17,19). The molecule has 0 atom stereocenters. The highest BCUT2D eigenvalue weighted by atomic mass is 32.1. The molecule has 0 fully saturated rings. The molecule has 0 saturated carbocycles. The van der Waals surface area contributed by atoms with E-state index in [1.807, 2.05) is 18.2 Å². The first kappa shape index (κ1) is 13.6. The minimum atomic E-state index is -0.607. The molecule has 0 saturated heterocycles. The molecule has 21 heavy (non-hydrogen) atoms. The summed E-state index contributed by atoms with van der Waals surface area (Å²) in [5.41, 5.74) is 9.15. The van der Waals surface area contributed by atoms with Crippen molar-refractivity contribution in [2.45, 2.75) is 12.8 Å². The summed E-state index contributed by atoms with van der Waals surface area (Å²) in [5.74, 6) is -0.529. The molecule has 2 aromatic rings. The Labute approximate surface area is 125 Å². The number of primary amides is 1. The average molecular weight is 302 g/mol. The highest BCUT2D eigenvalue weighted by Gasteiger charge is 2.27. The number of hydrogen-bond donors (Lipinski definition) is 2. The van der Waals surface area contributed by atoms with Gasteiger partial charge in [-0.3, -0.25) is 10.1 Å². The molecule has 0 radical (unpaired) electrons. The van der Waals surface area contributed by atoms with E-state index in [9.17, 15) is 9.59 Å². The third kappa shape index (κ3) is 2.27. The topological polar surface area (TPSA) is 81.4 Å². The number of thiophene rings is 1. The quantitative estimate of drug-likeness (QED) is 0.895. The highest BCUT2D eigenvalue weighted by molar-refractivity contribution is 7.20. The van der Waals surface area contributed by atoms with E-state index < -0.39 is 12.0 Å². The maximum Gasteiger partial charge on any atom is 0.411 e. The molecule has 1 aromatic carbocycles. The Balaban J connectivity index is 2.16. The molecule has 1 heterocycles. The number of carbonyl (C=O) groups excluding carboxylic acids is 2. The van der Waals surface area contributed by atoms with E-state index in [1.54, 1.807) is 0 Å². The Morgan fingerprint density at radius 2 is 2.05 bits per heavy atom. The summed E-state index contributed by atoms with van der Waals surface area (Å²) >= 11 is 1.36. The second-order valence-electron chi connectivity index (χ2n) is 4.75. The van der Waals surface area contributed by atoms with Gasteiger partial charge in [0.25, 0.3) is 5.91 Å². The second-order valence-corrected chi connectivity index (χ2v) is 5.77. The molecule has 2 amide bonds. The molecule has 0 bridgehead atoms. The van der Waals surface area contributed by atoms with Crippen LogP contribution in [0.15, 0.2) is 24.3 Å². The van der Waals surface area contributed by atoms with Gasteiger partial charge in [0.2, 0.25) is 0 Å². The number of benzene rings is 1. The predicted molar refractivity (Wildman–Crippen MR) is 81.7 cm³/mol. The Kier molecular flexibility index (Phi) is 3.39. The predicted octanol–water partition coefficient (Wildman–Crippen LogP) is 2.79. The lowest BCUT2D eigenvalue weighted by molar-refractivity contribution is 0.100. The average Bonchev–Trinajstić information content (AvgIpc) is 2.85. The monoisotopic (exact) mass is 302 g/mol. The van der Waals surface area contributed by atoms with Gasteiger partial charge in [-0.1, -0.05) is 24.3 Å². The molecule has 1 aliphatic rings. The van der Waals surface area contributed by atoms with Gasteiger partial charge in [-0.15, -0.1) is 11.3 Å². The van der Waals surface area contributed by atoms with Crippen LogP contribution in [-0.2, 0) is 17.6 Å². The molecular formula is C15H14N2O3S. The van der Waals surface area contributed by atoms with Crippen molar-refractivity contribution in [3.8, 4) is 10.4 Å². The summed E-state index contributed by atoms with van der Waals surface area (Å²) < 4.78 is 4.59. The number of fused-ring (bicyclic) bond motifs is 3. The summed E-state index contributed by atoms with van der Waals surface area (Å²) in [5, 5.41) is 3.04. The Morgan fingerprint density at radius 3 is 2.76 bits per heavy atom. The first-order valence-electron chi connectivity index (χ1n) is 6.50. The van der Waals surface area contributed by atoms with Crippen LogP contribution in [0.4, 0.5) is 9.80 Å². The van der Waals surface area contributed by atoms with Crippen molar-refractivity contribution in [3.63, 3.8) is 0 Å². The number of anilines is 1. The van der Waals surface area contributed by atoms with Crippen LogP contribution >= 0.6 is 11.3 Å². The van der Waals surface area contributed by atoms with Gasteiger partial charge in [0, 0.05) is 4.88 Å². The number of aryl methyl sites for hydroxylation is 1. The van der Waals surface area contributed by atoms with Crippen LogP contribution in [-0.4, -0.2) is 19.1 Å². The summed E-state index contributed by atoms with van der Waals surface area (Å²) in [6.45, 7) is 0. The first-order chi connectivity index (χ1) is 10.1. The van der Waals surface area contributed by atoms with Gasteiger partial charge >= 0.3 is 6.09 Å². The fourth-order valence-corrected chi connectivity index (χ4v) is 3.93. The molecule has 3 rings (SSSR count). The molecule has 3 N–H and O–H groups in total. The zero-order chi connectivity index (χ0) is 15.0. The summed E-state index contributed by atoms with van der Waals surface area (Å²) in [6, 6.07) is 8.07. The summed E-state index contributed by atoms with van der Waals surface area (Å²) in [4.78, 5) is 24.2. The second kappa shape index (κ2) is 5.21. The lowest BCUT2D eigenvalue weighted by Gasteiger charge is -2.16. The molecule has 1 aromatic heterocycles. The summed E-state index contributed by atoms with van der Waals surface area (Å²) in [7, 11) is 1.28. The molecule has 6 heteroatoms. The minimum absolute atomic E-state index is 0.398. The molecule has 5 nitrogen and oxygen atoms in total. The smallest absolute Gasteiger partial charge is 0.411 e. The summed E-state index contributed by atoms with van der Waals surface area (Å²) in [6.07, 6.45) is 0.992. The van der Waals surface area contributed by atoms with Gasteiger partial charge in [-0.25, -0.2) is 4.79 Å². The fourth-order valence-electron chi connectivity index (χ4n) is 2.63. The molecular weight excluding hydrogens is 288 g/mol. The van der Waals surface area contributed by atoms with E-state index in [4.69, 9.17) is 5.73 Å². The number of methoxy groups -OCH3 is 1. The van der Waals surface area contributed by atoms with Gasteiger partial charge in [0.1, 0.15) is 5.00 Å². The van der Waals surface area contributed by atoms with Crippen LogP contribution in [0, 0.1) is 0 Å². The maximum atomic E-state index is 11.8. The number of amides is 2. The first-order valence-corrected chi connectivity index (χ1v) is 7.32. The van der Waals surface area contributed by atoms with E-state index in [1.165, 1.54) is 24.0 Å². The van der Waals surface area contributed by atoms with Gasteiger partial charge in [-0.05, 0) is 29.5 Å². The molecule has 0 aliphatic heterocycles. The molecule has 0 unspecified atom stereocenters. The van der Waals surface area contributed by atoms with Crippen molar-refractivity contribution in [2.75, 3.05) is 12.4 Å². The Bertz CT molecular complexity index is 737. The zero-order valence-corrected chi connectivity index (χ0v) is 12.3. The van der Waals surface area contributed by atoms with Gasteiger partial charge in [0.05, 0.1) is 12.7 Å². The van der Waals surface area contributed by atoms with Crippen molar-refractivity contribution < 1.29 is 14.3 Å². The van der Waals surface area contributed by atoms with E-state index in [0.29, 0.717) is 10.6 Å². The number of nitrogens with one attached hydrogen (secondary N) is 1. The number of hydrogen-bond acceptors (Lipinski definition) is 4. The lowest BCUT2D eigenvalue weighted by atomic mass is 9.89. The number of nitrogens with two attached hydrogens (primary N) is 1. The maximum absolute atomic E-state index is 11.8. The van der Waals surface area contributed by atoms with Crippen molar-refractivity contribution in [2.24, 2.45) is 5.73 Å². The van der Waals surface area contributed by atoms with Crippen molar-refractivity contribution in [3.05, 3.63) is 41.0 Å². The van der Waals surface area contributed by atoms with E-state index >= 15 is 0 Å². The molecule has 0 spiro atoms. The highest BCUT2D eigenvalue weighted by Crippen LogP contribution is 2.44. The lowest BCUT2D eigenvalue weighted by Crippen LogP contribution is -2.18. The van der Waals surface area contributed by atoms with Gasteiger partial charge in [-0.2, -0.15) is 0 Å². The van der Waals surface area contributed by atoms with Crippen molar-refractivity contribution >= 4 is 28.3 Å². The number of rotatable bonds is 2. The van der Waals surface area contributed by atoms with Gasteiger partial charge < -0.3 is 10.5 Å². The van der Waals surface area contributed by atoms with Crippen LogP contribution < -0.4 is 11.1 Å². The third-order valence-electron chi connectivity index (χ3n) is 3.56. The zero-order valence-electron chi connectivity index (χ0n) is 11.4. The number of ether oxygens (including phenoxy) is 1. The Morgan fingerprint density at radius 1 is 1.29 bits per heavy atom. The van der Waals surface area contributed by atoms with Crippen LogP contribution in [0.25, 0.3) is 10.4 Å². The minimum Gasteiger partial charge on any atom is -0.453 e. The molecule has 1 aliphatic carbocycles. The Hall–Kier alpha value is -2.34. The van der Waals surface area contributed by atoms with Gasteiger partial charge in [0.15, 0.2) is 0 Å². The van der Waals surface area contributed by atoms with Crippen molar-refractivity contribution in [1.29, 1.82) is 0 Å². The van der Waals surface area contributed by atoms with Crippen LogP contribution in [0.5, 0.6) is 0 Å².